The van der Waals surface area contributed by atoms with E-state index in [1.807, 2.05) is 21.1 Å². The summed E-state index contributed by atoms with van der Waals surface area (Å²) in [6.07, 6.45) is 100. The number of likely N-dealkylation sites (N-methyl/N-ethyl adjacent to an activating group) is 1. The first-order chi connectivity index (χ1) is 46.6. The number of hydrogen-bond acceptors (Lipinski definition) is 8. The van der Waals surface area contributed by atoms with E-state index in [0.29, 0.717) is 23.9 Å². The van der Waals surface area contributed by atoms with Crippen molar-refractivity contribution in [3.05, 3.63) is 72.9 Å². The fourth-order valence-corrected chi connectivity index (χ4v) is 12.1. The predicted molar refractivity (Wildman–Crippen MR) is 408 cm³/mol. The summed E-state index contributed by atoms with van der Waals surface area (Å²) < 4.78 is 22.9. The van der Waals surface area contributed by atoms with Crippen LogP contribution in [0, 0.1) is 0 Å². The number of ether oxygens (including phenoxy) is 4. The smallest absolute Gasteiger partial charge is 0.306 e. The van der Waals surface area contributed by atoms with Gasteiger partial charge in [-0.1, -0.05) is 369 Å². The van der Waals surface area contributed by atoms with Gasteiger partial charge in [0.05, 0.1) is 40.3 Å². The first-order valence-electron chi connectivity index (χ1n) is 41.1. The maximum atomic E-state index is 13.0. The highest BCUT2D eigenvalue weighted by atomic mass is 16.7. The van der Waals surface area contributed by atoms with Gasteiger partial charge in [-0.25, -0.2) is 0 Å². The van der Waals surface area contributed by atoms with Crippen LogP contribution >= 0.6 is 0 Å². The SMILES string of the molecule is CCCCCCC/C=C\C/C=C\C/C=C\CCCCCCCCCCCCCCCCCCCCCCCCC(=O)OC(COC(=O)CCCCCCCCCCCCCCCCCCCC/C=C\C/C=C\C/C=C\CCCCCCC)COC(OCC[N+](C)(C)C)C(=O)[O-]. The number of aliphatic carboxylic acids is 1. The van der Waals surface area contributed by atoms with Crippen molar-refractivity contribution in [1.29, 1.82) is 0 Å². The molecule has 0 N–H and O–H groups in total. The van der Waals surface area contributed by atoms with Crippen LogP contribution in [0.15, 0.2) is 72.9 Å². The summed E-state index contributed by atoms with van der Waals surface area (Å²) in [5.41, 5.74) is 0. The minimum atomic E-state index is -1.62. The molecular formula is C86H157NO8. The Kier molecular flexibility index (Phi) is 73.9. The van der Waals surface area contributed by atoms with E-state index >= 15 is 0 Å². The minimum absolute atomic E-state index is 0.149. The topological polar surface area (TPSA) is 111 Å². The van der Waals surface area contributed by atoms with Gasteiger partial charge in [-0.3, -0.25) is 9.59 Å². The number of hydrogen-bond donors (Lipinski definition) is 0. The minimum Gasteiger partial charge on any atom is -0.545 e. The Morgan fingerprint density at radius 2 is 0.568 bits per heavy atom. The molecule has 0 saturated heterocycles. The van der Waals surface area contributed by atoms with E-state index in [4.69, 9.17) is 18.9 Å². The largest absolute Gasteiger partial charge is 0.545 e. The molecule has 0 heterocycles. The molecule has 0 aliphatic heterocycles. The Bertz CT molecular complexity index is 1790. The van der Waals surface area contributed by atoms with Gasteiger partial charge in [-0.05, 0) is 89.9 Å². The van der Waals surface area contributed by atoms with Crippen molar-refractivity contribution in [1.82, 2.24) is 0 Å². The van der Waals surface area contributed by atoms with Crippen LogP contribution in [0.25, 0.3) is 0 Å². The molecule has 2 atom stereocenters. The molecule has 0 spiro atoms. The molecule has 2 unspecified atom stereocenters. The van der Waals surface area contributed by atoms with Crippen molar-refractivity contribution in [2.45, 2.75) is 411 Å². The second-order valence-corrected chi connectivity index (χ2v) is 29.1. The predicted octanol–water partition coefficient (Wildman–Crippen LogP) is 25.0. The Hall–Kier alpha value is -3.27. The second kappa shape index (κ2) is 76.5. The van der Waals surface area contributed by atoms with E-state index in [9.17, 15) is 19.5 Å². The highest BCUT2D eigenvalue weighted by Gasteiger charge is 2.22. The number of nitrogens with zero attached hydrogens (tertiary/aromatic N) is 1. The maximum Gasteiger partial charge on any atom is 0.306 e. The average Bonchev–Trinajstić information content (AvgIpc) is 3.75. The lowest BCUT2D eigenvalue weighted by molar-refractivity contribution is -0.870. The molecule has 0 aliphatic carbocycles. The molecule has 554 valence electrons. The molecule has 0 aromatic carbocycles. The van der Waals surface area contributed by atoms with Crippen LogP contribution in [-0.2, 0) is 33.3 Å². The number of carboxylic acids is 1. The van der Waals surface area contributed by atoms with E-state index in [1.165, 1.54) is 308 Å². The van der Waals surface area contributed by atoms with Gasteiger partial charge in [-0.15, -0.1) is 0 Å². The number of quaternary nitrogens is 1. The number of carboxylic acid groups (broad SMARTS) is 1. The molecule has 9 heteroatoms. The lowest BCUT2D eigenvalue weighted by Gasteiger charge is -2.26. The highest BCUT2D eigenvalue weighted by Crippen LogP contribution is 2.19. The molecule has 95 heavy (non-hydrogen) atoms. The summed E-state index contributed by atoms with van der Waals surface area (Å²) >= 11 is 0. The van der Waals surface area contributed by atoms with Gasteiger partial charge in [0, 0.05) is 12.8 Å². The molecule has 0 aliphatic rings. The number of unbranched alkanes of at least 4 members (excludes halogenated alkanes) is 50. The van der Waals surface area contributed by atoms with Gasteiger partial charge in [-0.2, -0.15) is 0 Å². The highest BCUT2D eigenvalue weighted by molar-refractivity contribution is 5.70. The Balaban J connectivity index is 3.98. The normalized spacial score (nSPS) is 13.0. The molecule has 0 rings (SSSR count). The molecule has 0 aromatic rings. The fourth-order valence-electron chi connectivity index (χ4n) is 12.1. The third-order valence-electron chi connectivity index (χ3n) is 18.4. The van der Waals surface area contributed by atoms with Gasteiger partial charge < -0.3 is 33.3 Å². The zero-order chi connectivity index (χ0) is 69.0. The quantitative estimate of drug-likeness (QED) is 0.0195. The van der Waals surface area contributed by atoms with Crippen LogP contribution in [0.1, 0.15) is 399 Å². The number of carbonyl (C=O) groups is 3. The fraction of sp³-hybridized carbons (Fsp3) is 0.826. The van der Waals surface area contributed by atoms with Gasteiger partial charge in [0.1, 0.15) is 13.2 Å². The summed E-state index contributed by atoms with van der Waals surface area (Å²) in [6, 6.07) is 0. The molecular weight excluding hydrogens is 1170 g/mol. The third kappa shape index (κ3) is 77.9. The van der Waals surface area contributed by atoms with Crippen LogP contribution in [0.2, 0.25) is 0 Å². The van der Waals surface area contributed by atoms with Crippen molar-refractivity contribution in [2.24, 2.45) is 0 Å². The van der Waals surface area contributed by atoms with Crippen molar-refractivity contribution < 1.29 is 42.9 Å². The van der Waals surface area contributed by atoms with Crippen LogP contribution in [-0.4, -0.2) is 82.3 Å². The number of esters is 2. The van der Waals surface area contributed by atoms with Gasteiger partial charge in [0.25, 0.3) is 0 Å². The Morgan fingerprint density at radius 1 is 0.316 bits per heavy atom. The first kappa shape index (κ1) is 91.7. The molecule has 0 bridgehead atoms. The maximum absolute atomic E-state index is 13.0. The standard InChI is InChI=1S/C86H157NO8/c1-6-8-10-12-14-16-18-20-22-24-26-28-30-32-34-36-38-40-41-42-43-45-47-49-51-53-55-57-59-61-63-65-67-69-71-73-75-77-84(89)95-82(81-94-86(85(90)91)92-79-78-87(3,4)5)80-93-83(88)76-74-72-70-68-66-64-62-60-58-56-54-52-50-48-46-44-39-37-35-33-31-29-27-25-23-21-19-17-15-13-11-9-7-2/h18-21,24-27,30-33,82,86H,6-17,22-23,28-29,34-81H2,1-5H3/b20-18-,21-19-,26-24-,27-25-,32-30-,33-31-. The van der Waals surface area contributed by atoms with Gasteiger partial charge in [0.2, 0.25) is 0 Å². The zero-order valence-electron chi connectivity index (χ0n) is 63.6. The van der Waals surface area contributed by atoms with E-state index in [1.54, 1.807) is 0 Å². The van der Waals surface area contributed by atoms with Crippen molar-refractivity contribution in [3.8, 4) is 0 Å². The third-order valence-corrected chi connectivity index (χ3v) is 18.4. The number of carbonyl (C=O) groups excluding carboxylic acids is 3. The molecule has 9 nitrogen and oxygen atoms in total. The molecule has 0 saturated carbocycles. The van der Waals surface area contributed by atoms with Crippen LogP contribution in [0.3, 0.4) is 0 Å². The van der Waals surface area contributed by atoms with Gasteiger partial charge >= 0.3 is 11.9 Å². The molecule has 0 aromatic heterocycles. The average molecular weight is 1330 g/mol. The van der Waals surface area contributed by atoms with Crippen molar-refractivity contribution in [3.63, 3.8) is 0 Å². The lowest BCUT2D eigenvalue weighted by Crippen LogP contribution is -2.44. The summed E-state index contributed by atoms with van der Waals surface area (Å²) in [5, 5.41) is 11.9. The summed E-state index contributed by atoms with van der Waals surface area (Å²) in [7, 11) is 5.95. The number of rotatable bonds is 77. The molecule has 0 amide bonds. The molecule has 0 radical (unpaired) electrons. The van der Waals surface area contributed by atoms with Crippen molar-refractivity contribution >= 4 is 17.9 Å². The Labute approximate surface area is 589 Å². The summed E-state index contributed by atoms with van der Waals surface area (Å²) in [4.78, 5) is 37.6. The molecule has 0 fully saturated rings. The summed E-state index contributed by atoms with van der Waals surface area (Å²) in [6.45, 7) is 4.79. The van der Waals surface area contributed by atoms with E-state index in [2.05, 4.69) is 86.8 Å². The van der Waals surface area contributed by atoms with Crippen LogP contribution < -0.4 is 5.11 Å². The second-order valence-electron chi connectivity index (χ2n) is 29.1. The number of allylic oxidation sites excluding steroid dienone is 12. The van der Waals surface area contributed by atoms with E-state index in [-0.39, 0.29) is 32.2 Å². The Morgan fingerprint density at radius 3 is 0.842 bits per heavy atom. The van der Waals surface area contributed by atoms with Crippen LogP contribution in [0.5, 0.6) is 0 Å². The summed E-state index contributed by atoms with van der Waals surface area (Å²) in [5.74, 6) is -2.26. The zero-order valence-corrected chi connectivity index (χ0v) is 63.6. The first-order valence-corrected chi connectivity index (χ1v) is 41.1. The lowest BCUT2D eigenvalue weighted by atomic mass is 10.0. The van der Waals surface area contributed by atoms with E-state index in [0.717, 1.165) is 57.8 Å². The van der Waals surface area contributed by atoms with Crippen LogP contribution in [0.4, 0.5) is 0 Å². The van der Waals surface area contributed by atoms with Gasteiger partial charge in [0.15, 0.2) is 12.4 Å². The van der Waals surface area contributed by atoms with E-state index < -0.39 is 24.3 Å². The van der Waals surface area contributed by atoms with Crippen molar-refractivity contribution in [2.75, 3.05) is 47.5 Å². The monoisotopic (exact) mass is 1330 g/mol.